The average Bonchev–Trinajstić information content (AvgIpc) is 2.34. The molecule has 0 aromatic rings. The molecule has 0 saturated heterocycles. The minimum atomic E-state index is -0.451. The molecule has 0 fully saturated rings. The molecular weight excluding hydrogens is 260 g/mol. The second-order valence-electron chi connectivity index (χ2n) is 5.61. The quantitative estimate of drug-likeness (QED) is 0.618. The van der Waals surface area contributed by atoms with Gasteiger partial charge in [-0.2, -0.15) is 0 Å². The van der Waals surface area contributed by atoms with Crippen molar-refractivity contribution in [3.8, 4) is 0 Å². The van der Waals surface area contributed by atoms with Gasteiger partial charge in [0.05, 0.1) is 13.2 Å². The van der Waals surface area contributed by atoms with Crippen LogP contribution in [0.1, 0.15) is 27.2 Å². The number of nitrogens with zero attached hydrogens (tertiary/aromatic N) is 1. The van der Waals surface area contributed by atoms with Crippen LogP contribution in [0.25, 0.3) is 0 Å². The highest BCUT2D eigenvalue weighted by molar-refractivity contribution is 5.67. The van der Waals surface area contributed by atoms with Gasteiger partial charge in [-0.25, -0.2) is 4.79 Å². The molecule has 0 unspecified atom stereocenters. The Bertz CT molecular complexity index is 246. The molecule has 0 bridgehead atoms. The van der Waals surface area contributed by atoms with Crippen molar-refractivity contribution < 1.29 is 19.0 Å². The highest BCUT2D eigenvalue weighted by Gasteiger charge is 2.15. The first kappa shape index (κ1) is 19.1. The van der Waals surface area contributed by atoms with E-state index in [9.17, 15) is 4.79 Å². The third-order valence-corrected chi connectivity index (χ3v) is 2.54. The van der Waals surface area contributed by atoms with Crippen molar-refractivity contribution >= 4 is 6.09 Å². The van der Waals surface area contributed by atoms with Crippen molar-refractivity contribution in [2.75, 3.05) is 53.6 Å². The van der Waals surface area contributed by atoms with E-state index >= 15 is 0 Å². The molecule has 120 valence electrons. The van der Waals surface area contributed by atoms with Gasteiger partial charge in [0, 0.05) is 33.9 Å². The van der Waals surface area contributed by atoms with Gasteiger partial charge in [0.15, 0.2) is 0 Å². The van der Waals surface area contributed by atoms with Gasteiger partial charge < -0.3 is 19.5 Å². The summed E-state index contributed by atoms with van der Waals surface area (Å²) in [6.07, 6.45) is 0.505. The van der Waals surface area contributed by atoms with E-state index in [1.54, 1.807) is 14.2 Å². The van der Waals surface area contributed by atoms with Crippen LogP contribution in [0.2, 0.25) is 0 Å². The van der Waals surface area contributed by atoms with Crippen LogP contribution < -0.4 is 5.32 Å². The van der Waals surface area contributed by atoms with Crippen molar-refractivity contribution in [2.24, 2.45) is 0 Å². The molecular formula is C14H30N2O4. The summed E-state index contributed by atoms with van der Waals surface area (Å²) in [7, 11) is 3.39. The third-order valence-electron chi connectivity index (χ3n) is 2.54. The molecule has 0 aliphatic carbocycles. The Balaban J connectivity index is 3.78. The van der Waals surface area contributed by atoms with Crippen LogP contribution in [0.4, 0.5) is 4.79 Å². The molecule has 0 aliphatic rings. The molecule has 0 aromatic heterocycles. The lowest BCUT2D eigenvalue weighted by molar-refractivity contribution is 0.0523. The van der Waals surface area contributed by atoms with Crippen LogP contribution in [-0.2, 0) is 14.2 Å². The second-order valence-corrected chi connectivity index (χ2v) is 5.61. The molecule has 0 atom stereocenters. The molecule has 6 nitrogen and oxygen atoms in total. The summed E-state index contributed by atoms with van der Waals surface area (Å²) in [5.74, 6) is 0. The first-order chi connectivity index (χ1) is 9.39. The molecule has 1 N–H and O–H groups in total. The number of alkyl carbamates (subject to hydrolysis) is 1. The Morgan fingerprint density at radius 2 is 1.60 bits per heavy atom. The van der Waals surface area contributed by atoms with Crippen molar-refractivity contribution in [3.05, 3.63) is 0 Å². The van der Waals surface area contributed by atoms with E-state index in [4.69, 9.17) is 14.2 Å². The summed E-state index contributed by atoms with van der Waals surface area (Å²) in [6.45, 7) is 10.2. The lowest BCUT2D eigenvalue weighted by Crippen LogP contribution is -2.36. The molecule has 0 spiro atoms. The van der Waals surface area contributed by atoms with Crippen molar-refractivity contribution in [1.82, 2.24) is 10.2 Å². The van der Waals surface area contributed by atoms with Crippen LogP contribution >= 0.6 is 0 Å². The Morgan fingerprint density at radius 3 is 2.05 bits per heavy atom. The van der Waals surface area contributed by atoms with Crippen LogP contribution in [0, 0.1) is 0 Å². The molecule has 0 aromatic carbocycles. The molecule has 0 radical (unpaired) electrons. The summed E-state index contributed by atoms with van der Waals surface area (Å²) in [4.78, 5) is 13.7. The van der Waals surface area contributed by atoms with Gasteiger partial charge >= 0.3 is 6.09 Å². The molecule has 6 heteroatoms. The Labute approximate surface area is 122 Å². The van der Waals surface area contributed by atoms with Gasteiger partial charge in [0.1, 0.15) is 5.60 Å². The summed E-state index contributed by atoms with van der Waals surface area (Å²) >= 11 is 0. The molecule has 0 aliphatic heterocycles. The Hall–Kier alpha value is -0.850. The number of carbonyl (C=O) groups excluding carboxylic acids is 1. The standard InChI is InChI=1S/C14H30N2O4/c1-14(2,3)20-13(17)15-7-6-8-16(9-11-18-4)10-12-19-5/h6-12H2,1-5H3,(H,15,17). The predicted octanol–water partition coefficient (Wildman–Crippen LogP) is 1.50. The fourth-order valence-electron chi connectivity index (χ4n) is 1.58. The number of methoxy groups -OCH3 is 2. The average molecular weight is 290 g/mol. The van der Waals surface area contributed by atoms with Crippen LogP contribution in [0.3, 0.4) is 0 Å². The number of hydrogen-bond donors (Lipinski definition) is 1. The summed E-state index contributed by atoms with van der Waals surface area (Å²) in [6, 6.07) is 0. The van der Waals surface area contributed by atoms with E-state index in [1.807, 2.05) is 20.8 Å². The fourth-order valence-corrected chi connectivity index (χ4v) is 1.58. The third kappa shape index (κ3) is 12.2. The summed E-state index contributed by atoms with van der Waals surface area (Å²) in [5.41, 5.74) is -0.451. The minimum Gasteiger partial charge on any atom is -0.444 e. The van der Waals surface area contributed by atoms with E-state index < -0.39 is 5.60 Å². The van der Waals surface area contributed by atoms with E-state index in [0.29, 0.717) is 19.8 Å². The largest absolute Gasteiger partial charge is 0.444 e. The van der Waals surface area contributed by atoms with Crippen molar-refractivity contribution in [2.45, 2.75) is 32.8 Å². The van der Waals surface area contributed by atoms with Crippen molar-refractivity contribution in [1.29, 1.82) is 0 Å². The summed E-state index contributed by atoms with van der Waals surface area (Å²) < 4.78 is 15.3. The van der Waals surface area contributed by atoms with Gasteiger partial charge in [0.2, 0.25) is 0 Å². The molecule has 20 heavy (non-hydrogen) atoms. The zero-order valence-corrected chi connectivity index (χ0v) is 13.5. The van der Waals surface area contributed by atoms with Crippen molar-refractivity contribution in [3.63, 3.8) is 0 Å². The van der Waals surface area contributed by atoms with E-state index in [2.05, 4.69) is 10.2 Å². The van der Waals surface area contributed by atoms with Crippen LogP contribution in [-0.4, -0.2) is 70.2 Å². The zero-order valence-electron chi connectivity index (χ0n) is 13.5. The topological polar surface area (TPSA) is 60.0 Å². The predicted molar refractivity (Wildman–Crippen MR) is 79.0 cm³/mol. The zero-order chi connectivity index (χ0) is 15.4. The number of nitrogens with one attached hydrogen (secondary N) is 1. The minimum absolute atomic E-state index is 0.363. The second kappa shape index (κ2) is 10.9. The Kier molecular flexibility index (Phi) is 10.4. The molecule has 0 saturated carbocycles. The monoisotopic (exact) mass is 290 g/mol. The van der Waals surface area contributed by atoms with E-state index in [-0.39, 0.29) is 6.09 Å². The maximum Gasteiger partial charge on any atom is 0.407 e. The smallest absolute Gasteiger partial charge is 0.407 e. The Morgan fingerprint density at radius 1 is 1.05 bits per heavy atom. The lowest BCUT2D eigenvalue weighted by atomic mass is 10.2. The van der Waals surface area contributed by atoms with Gasteiger partial charge in [-0.05, 0) is 33.7 Å². The molecule has 0 heterocycles. The maximum atomic E-state index is 11.5. The SMILES string of the molecule is COCCN(CCCNC(=O)OC(C)(C)C)CCOC. The first-order valence-corrected chi connectivity index (χ1v) is 7.06. The number of rotatable bonds is 10. The fraction of sp³-hybridized carbons (Fsp3) is 0.929. The van der Waals surface area contributed by atoms with Gasteiger partial charge in [-0.1, -0.05) is 0 Å². The summed E-state index contributed by atoms with van der Waals surface area (Å²) in [5, 5.41) is 2.76. The van der Waals surface area contributed by atoms with Gasteiger partial charge in [0.25, 0.3) is 0 Å². The number of ether oxygens (including phenoxy) is 3. The maximum absolute atomic E-state index is 11.5. The normalized spacial score (nSPS) is 11.7. The number of amides is 1. The lowest BCUT2D eigenvalue weighted by Gasteiger charge is -2.22. The van der Waals surface area contributed by atoms with Crippen LogP contribution in [0.15, 0.2) is 0 Å². The van der Waals surface area contributed by atoms with E-state index in [1.165, 1.54) is 0 Å². The molecule has 1 amide bonds. The number of hydrogen-bond acceptors (Lipinski definition) is 5. The van der Waals surface area contributed by atoms with E-state index in [0.717, 1.165) is 26.1 Å². The van der Waals surface area contributed by atoms with Crippen LogP contribution in [0.5, 0.6) is 0 Å². The first-order valence-electron chi connectivity index (χ1n) is 7.06. The van der Waals surface area contributed by atoms with Gasteiger partial charge in [-0.3, -0.25) is 4.90 Å². The highest BCUT2D eigenvalue weighted by Crippen LogP contribution is 2.06. The highest BCUT2D eigenvalue weighted by atomic mass is 16.6. The van der Waals surface area contributed by atoms with Gasteiger partial charge in [-0.15, -0.1) is 0 Å². The molecule has 0 rings (SSSR count). The number of carbonyl (C=O) groups is 1.